The zero-order valence-electron chi connectivity index (χ0n) is 14.3. The summed E-state index contributed by atoms with van der Waals surface area (Å²) >= 11 is 0. The van der Waals surface area contributed by atoms with E-state index in [0.29, 0.717) is 13.1 Å². The molecular weight excluding hydrogens is 284 g/mol. The van der Waals surface area contributed by atoms with Gasteiger partial charge in [-0.15, -0.1) is 0 Å². The van der Waals surface area contributed by atoms with Gasteiger partial charge in [-0.05, 0) is 36.5 Å². The van der Waals surface area contributed by atoms with Gasteiger partial charge in [-0.1, -0.05) is 61.9 Å². The second-order valence-electron chi connectivity index (χ2n) is 5.78. The van der Waals surface area contributed by atoms with Crippen LogP contribution in [0.2, 0.25) is 0 Å². The lowest BCUT2D eigenvalue weighted by Crippen LogP contribution is -2.29. The molecule has 0 bridgehead atoms. The molecule has 3 nitrogen and oxygen atoms in total. The molecule has 0 radical (unpaired) electrons. The number of benzene rings is 2. The smallest absolute Gasteiger partial charge is 0.239 e. The summed E-state index contributed by atoms with van der Waals surface area (Å²) in [5.74, 6) is 0.0134. The van der Waals surface area contributed by atoms with Gasteiger partial charge in [0.05, 0.1) is 6.54 Å². The minimum absolute atomic E-state index is 0.0134. The van der Waals surface area contributed by atoms with Crippen molar-refractivity contribution in [1.82, 2.24) is 5.32 Å². The number of anilines is 1. The van der Waals surface area contributed by atoms with Gasteiger partial charge >= 0.3 is 0 Å². The van der Waals surface area contributed by atoms with Crippen molar-refractivity contribution in [3.63, 3.8) is 0 Å². The Morgan fingerprint density at radius 3 is 2.26 bits per heavy atom. The van der Waals surface area contributed by atoms with E-state index in [9.17, 15) is 4.79 Å². The first-order valence-corrected chi connectivity index (χ1v) is 8.31. The lowest BCUT2D eigenvalue weighted by molar-refractivity contribution is -0.119. The van der Waals surface area contributed by atoms with Gasteiger partial charge in [0.1, 0.15) is 0 Å². The Labute approximate surface area is 139 Å². The van der Waals surface area contributed by atoms with E-state index in [0.717, 1.165) is 24.1 Å². The summed E-state index contributed by atoms with van der Waals surface area (Å²) in [5.41, 5.74) is 5.97. The molecule has 0 aliphatic carbocycles. The van der Waals surface area contributed by atoms with E-state index in [1.54, 1.807) is 0 Å². The van der Waals surface area contributed by atoms with Crippen LogP contribution in [0.15, 0.2) is 42.5 Å². The molecule has 3 heteroatoms. The van der Waals surface area contributed by atoms with Crippen LogP contribution in [-0.4, -0.2) is 12.5 Å². The molecule has 0 saturated carbocycles. The summed E-state index contributed by atoms with van der Waals surface area (Å²) in [4.78, 5) is 12.1. The summed E-state index contributed by atoms with van der Waals surface area (Å²) in [6, 6.07) is 14.5. The number of hydrogen-bond donors (Lipinski definition) is 2. The van der Waals surface area contributed by atoms with Gasteiger partial charge in [-0.25, -0.2) is 0 Å². The zero-order valence-corrected chi connectivity index (χ0v) is 14.3. The number of carbonyl (C=O) groups is 1. The number of aryl methyl sites for hydroxylation is 3. The van der Waals surface area contributed by atoms with Crippen molar-refractivity contribution in [2.45, 2.75) is 40.2 Å². The van der Waals surface area contributed by atoms with E-state index in [4.69, 9.17) is 0 Å². The fourth-order valence-corrected chi connectivity index (χ4v) is 2.72. The zero-order chi connectivity index (χ0) is 16.7. The largest absolute Gasteiger partial charge is 0.376 e. The topological polar surface area (TPSA) is 41.1 Å². The summed E-state index contributed by atoms with van der Waals surface area (Å²) < 4.78 is 0. The predicted molar refractivity (Wildman–Crippen MR) is 96.7 cm³/mol. The molecule has 0 aliphatic heterocycles. The monoisotopic (exact) mass is 310 g/mol. The third-order valence-electron chi connectivity index (χ3n) is 4.00. The molecule has 2 aromatic carbocycles. The Kier molecular flexibility index (Phi) is 6.21. The van der Waals surface area contributed by atoms with Gasteiger partial charge in [-0.2, -0.15) is 0 Å². The first kappa shape index (κ1) is 17.1. The number of carbonyl (C=O) groups excluding carboxylic acids is 1. The maximum Gasteiger partial charge on any atom is 0.239 e. The fraction of sp³-hybridized carbons (Fsp3) is 0.350. The molecule has 1 amide bonds. The molecule has 2 aromatic rings. The van der Waals surface area contributed by atoms with Crippen molar-refractivity contribution in [3.8, 4) is 0 Å². The van der Waals surface area contributed by atoms with Gasteiger partial charge in [0.15, 0.2) is 0 Å². The molecular formula is C20H26N2O. The molecule has 0 aliphatic rings. The molecule has 0 saturated heterocycles. The van der Waals surface area contributed by atoms with Crippen molar-refractivity contribution >= 4 is 11.6 Å². The van der Waals surface area contributed by atoms with Crippen LogP contribution in [0.1, 0.15) is 36.1 Å². The third kappa shape index (κ3) is 4.85. The minimum Gasteiger partial charge on any atom is -0.376 e. The van der Waals surface area contributed by atoms with Gasteiger partial charge in [-0.3, -0.25) is 4.79 Å². The third-order valence-corrected chi connectivity index (χ3v) is 4.00. The summed E-state index contributed by atoms with van der Waals surface area (Å²) in [7, 11) is 0. The number of amides is 1. The van der Waals surface area contributed by atoms with Gasteiger partial charge in [0, 0.05) is 12.2 Å². The molecule has 0 atom stereocenters. The number of rotatable bonds is 7. The minimum atomic E-state index is 0.0134. The van der Waals surface area contributed by atoms with Gasteiger partial charge in [0.2, 0.25) is 5.91 Å². The summed E-state index contributed by atoms with van der Waals surface area (Å²) in [5, 5.41) is 6.29. The van der Waals surface area contributed by atoms with Crippen LogP contribution in [0.4, 0.5) is 5.69 Å². The Morgan fingerprint density at radius 2 is 1.65 bits per heavy atom. The van der Waals surface area contributed by atoms with Gasteiger partial charge in [0.25, 0.3) is 0 Å². The lowest BCUT2D eigenvalue weighted by Gasteiger charge is -2.15. The molecule has 0 fully saturated rings. The average molecular weight is 310 g/mol. The van der Waals surface area contributed by atoms with Crippen LogP contribution in [0, 0.1) is 6.92 Å². The molecule has 0 aromatic heterocycles. The van der Waals surface area contributed by atoms with Crippen LogP contribution in [0.5, 0.6) is 0 Å². The highest BCUT2D eigenvalue weighted by Crippen LogP contribution is 2.22. The number of hydrogen-bond acceptors (Lipinski definition) is 2. The quantitative estimate of drug-likeness (QED) is 0.815. The molecule has 0 spiro atoms. The van der Waals surface area contributed by atoms with E-state index in [1.165, 1.54) is 16.7 Å². The van der Waals surface area contributed by atoms with Crippen LogP contribution < -0.4 is 10.6 Å². The second-order valence-corrected chi connectivity index (χ2v) is 5.78. The first-order valence-electron chi connectivity index (χ1n) is 8.31. The lowest BCUT2D eigenvalue weighted by atomic mass is 10.0. The van der Waals surface area contributed by atoms with Crippen LogP contribution in [-0.2, 0) is 24.2 Å². The Hall–Kier alpha value is -2.29. The van der Waals surface area contributed by atoms with Crippen LogP contribution in [0.25, 0.3) is 0 Å². The van der Waals surface area contributed by atoms with E-state index in [2.05, 4.69) is 61.7 Å². The SMILES string of the molecule is CCc1cccc(CC)c1NCC(=O)NCc1cccc(C)c1. The predicted octanol–water partition coefficient (Wildman–Crippen LogP) is 3.85. The van der Waals surface area contributed by atoms with Crippen molar-refractivity contribution in [2.75, 3.05) is 11.9 Å². The molecule has 122 valence electrons. The second kappa shape index (κ2) is 8.37. The molecule has 0 unspecified atom stereocenters. The van der Waals surface area contributed by atoms with E-state index < -0.39 is 0 Å². The summed E-state index contributed by atoms with van der Waals surface area (Å²) in [6.45, 7) is 7.20. The highest BCUT2D eigenvalue weighted by Gasteiger charge is 2.08. The molecule has 23 heavy (non-hydrogen) atoms. The highest BCUT2D eigenvalue weighted by atomic mass is 16.1. The fourth-order valence-electron chi connectivity index (χ4n) is 2.72. The van der Waals surface area contributed by atoms with Crippen molar-refractivity contribution in [2.24, 2.45) is 0 Å². The number of para-hydroxylation sites is 1. The van der Waals surface area contributed by atoms with Crippen molar-refractivity contribution in [3.05, 3.63) is 64.7 Å². The molecule has 2 rings (SSSR count). The average Bonchev–Trinajstić information content (AvgIpc) is 2.57. The molecule has 0 heterocycles. The van der Waals surface area contributed by atoms with Crippen molar-refractivity contribution < 1.29 is 4.79 Å². The Morgan fingerprint density at radius 1 is 1.00 bits per heavy atom. The maximum absolute atomic E-state index is 12.1. The number of nitrogens with one attached hydrogen (secondary N) is 2. The standard InChI is InChI=1S/C20H26N2O/c1-4-17-10-7-11-18(5-2)20(17)22-14-19(23)21-13-16-9-6-8-15(3)12-16/h6-12,22H,4-5,13-14H2,1-3H3,(H,21,23). The van der Waals surface area contributed by atoms with E-state index in [1.807, 2.05) is 12.1 Å². The highest BCUT2D eigenvalue weighted by molar-refractivity contribution is 5.81. The van der Waals surface area contributed by atoms with Crippen molar-refractivity contribution in [1.29, 1.82) is 0 Å². The van der Waals surface area contributed by atoms with E-state index >= 15 is 0 Å². The summed E-state index contributed by atoms with van der Waals surface area (Å²) in [6.07, 6.45) is 1.92. The van der Waals surface area contributed by atoms with Gasteiger partial charge < -0.3 is 10.6 Å². The van der Waals surface area contributed by atoms with Crippen LogP contribution in [0.3, 0.4) is 0 Å². The normalized spacial score (nSPS) is 10.4. The Balaban J connectivity index is 1.92. The maximum atomic E-state index is 12.1. The van der Waals surface area contributed by atoms with E-state index in [-0.39, 0.29) is 5.91 Å². The first-order chi connectivity index (χ1) is 11.1. The van der Waals surface area contributed by atoms with Crippen LogP contribution >= 0.6 is 0 Å². The Bertz CT molecular complexity index is 642. The molecule has 2 N–H and O–H groups in total.